The molecule has 0 aromatic carbocycles. The standard InChI is InChI=1S/C21H24N2O3S2/c1-12(26-20(25)16-11-28-19(22-16)17-3-2-4-27-17)18(24)23-21-8-13-5-14(9-21)7-15(6-13)10-21/h2-4,11-15H,5-10H2,1H3,(H,23,24)/t12-,13?,14?,15?,21?/m1/s1. The number of ether oxygens (including phenoxy) is 1. The Labute approximate surface area is 172 Å². The van der Waals surface area contributed by atoms with E-state index in [1.807, 2.05) is 17.5 Å². The Morgan fingerprint density at radius 3 is 2.46 bits per heavy atom. The van der Waals surface area contributed by atoms with Gasteiger partial charge in [0, 0.05) is 10.9 Å². The quantitative estimate of drug-likeness (QED) is 0.729. The molecule has 0 saturated heterocycles. The normalized spacial score (nSPS) is 31.5. The summed E-state index contributed by atoms with van der Waals surface area (Å²) in [5.74, 6) is 1.57. The van der Waals surface area contributed by atoms with Gasteiger partial charge in [-0.2, -0.15) is 0 Å². The third-order valence-electron chi connectivity index (χ3n) is 6.52. The molecule has 0 unspecified atom stereocenters. The number of hydrogen-bond donors (Lipinski definition) is 1. The van der Waals surface area contributed by atoms with Gasteiger partial charge in [-0.1, -0.05) is 6.07 Å². The molecule has 4 bridgehead atoms. The molecule has 4 aliphatic rings. The van der Waals surface area contributed by atoms with Gasteiger partial charge >= 0.3 is 5.97 Å². The molecule has 2 heterocycles. The number of carbonyl (C=O) groups excluding carboxylic acids is 2. The molecule has 148 valence electrons. The molecule has 1 N–H and O–H groups in total. The molecule has 0 aliphatic heterocycles. The molecule has 2 aromatic rings. The lowest BCUT2D eigenvalue weighted by Gasteiger charge is -2.57. The second-order valence-electron chi connectivity index (χ2n) is 8.75. The van der Waals surface area contributed by atoms with Crippen molar-refractivity contribution in [2.24, 2.45) is 17.8 Å². The number of thiophene rings is 1. The van der Waals surface area contributed by atoms with E-state index < -0.39 is 12.1 Å². The second kappa shape index (κ2) is 6.95. The Morgan fingerprint density at radius 2 is 1.86 bits per heavy atom. The average Bonchev–Trinajstić information content (AvgIpc) is 3.31. The van der Waals surface area contributed by atoms with E-state index in [0.29, 0.717) is 0 Å². The van der Waals surface area contributed by atoms with Gasteiger partial charge in [-0.3, -0.25) is 4.79 Å². The number of amides is 1. The molecule has 4 fully saturated rings. The molecule has 1 atom stereocenters. The lowest BCUT2D eigenvalue weighted by molar-refractivity contribution is -0.134. The molecule has 1 amide bonds. The molecule has 4 aliphatic carbocycles. The molecular weight excluding hydrogens is 392 g/mol. The maximum Gasteiger partial charge on any atom is 0.358 e. The number of rotatable bonds is 5. The number of hydrogen-bond acceptors (Lipinski definition) is 6. The van der Waals surface area contributed by atoms with Crippen LogP contribution in [0, 0.1) is 17.8 Å². The number of thiazole rings is 1. The SMILES string of the molecule is C[C@@H](OC(=O)c1csc(-c2cccs2)n1)C(=O)NC12CC3CC(CC(C3)C1)C2. The number of nitrogens with one attached hydrogen (secondary N) is 1. The lowest BCUT2D eigenvalue weighted by atomic mass is 9.53. The highest BCUT2D eigenvalue weighted by Gasteiger charge is 2.51. The van der Waals surface area contributed by atoms with Gasteiger partial charge in [-0.15, -0.1) is 22.7 Å². The maximum atomic E-state index is 12.8. The van der Waals surface area contributed by atoms with Gasteiger partial charge in [-0.25, -0.2) is 9.78 Å². The van der Waals surface area contributed by atoms with Crippen LogP contribution >= 0.6 is 22.7 Å². The molecular formula is C21H24N2O3S2. The van der Waals surface area contributed by atoms with Gasteiger partial charge in [0.15, 0.2) is 11.8 Å². The fourth-order valence-electron chi connectivity index (χ4n) is 5.78. The van der Waals surface area contributed by atoms with E-state index in [4.69, 9.17) is 4.74 Å². The summed E-state index contributed by atoms with van der Waals surface area (Å²) >= 11 is 3.00. The fraction of sp³-hybridized carbons (Fsp3) is 0.571. The van der Waals surface area contributed by atoms with Gasteiger partial charge in [0.2, 0.25) is 0 Å². The molecule has 28 heavy (non-hydrogen) atoms. The number of esters is 1. The number of aromatic nitrogens is 1. The van der Waals surface area contributed by atoms with Gasteiger partial charge in [0.25, 0.3) is 5.91 Å². The van der Waals surface area contributed by atoms with Crippen molar-refractivity contribution in [3.8, 4) is 9.88 Å². The van der Waals surface area contributed by atoms with Crippen molar-refractivity contribution in [1.82, 2.24) is 10.3 Å². The molecule has 4 saturated carbocycles. The Kier molecular flexibility index (Phi) is 4.55. The molecule has 5 nitrogen and oxygen atoms in total. The summed E-state index contributed by atoms with van der Waals surface area (Å²) in [5, 5.41) is 7.75. The van der Waals surface area contributed by atoms with Crippen LogP contribution in [0.4, 0.5) is 0 Å². The van der Waals surface area contributed by atoms with Crippen molar-refractivity contribution in [1.29, 1.82) is 0 Å². The second-order valence-corrected chi connectivity index (χ2v) is 10.6. The van der Waals surface area contributed by atoms with Crippen LogP contribution in [-0.4, -0.2) is 28.5 Å². The first-order valence-corrected chi connectivity index (χ1v) is 11.8. The summed E-state index contributed by atoms with van der Waals surface area (Å²) < 4.78 is 5.44. The highest BCUT2D eigenvalue weighted by molar-refractivity contribution is 7.20. The summed E-state index contributed by atoms with van der Waals surface area (Å²) in [6.07, 6.45) is 6.43. The van der Waals surface area contributed by atoms with Crippen LogP contribution < -0.4 is 5.32 Å². The topological polar surface area (TPSA) is 68.3 Å². The molecule has 7 heteroatoms. The summed E-state index contributed by atoms with van der Waals surface area (Å²) in [5.41, 5.74) is 0.197. The largest absolute Gasteiger partial charge is 0.448 e. The lowest BCUT2D eigenvalue weighted by Crippen LogP contribution is -2.61. The van der Waals surface area contributed by atoms with E-state index in [1.165, 1.54) is 30.6 Å². The molecule has 0 spiro atoms. The van der Waals surface area contributed by atoms with Gasteiger partial charge in [0.05, 0.1) is 4.88 Å². The van der Waals surface area contributed by atoms with E-state index in [9.17, 15) is 9.59 Å². The third-order valence-corrected chi connectivity index (χ3v) is 8.41. The minimum atomic E-state index is -0.813. The van der Waals surface area contributed by atoms with E-state index in [0.717, 1.165) is 46.9 Å². The number of nitrogens with zero attached hydrogens (tertiary/aromatic N) is 1. The van der Waals surface area contributed by atoms with Crippen LogP contribution in [0.1, 0.15) is 55.9 Å². The zero-order valence-electron chi connectivity index (χ0n) is 15.8. The Hall–Kier alpha value is -1.73. The summed E-state index contributed by atoms with van der Waals surface area (Å²) in [6.45, 7) is 1.65. The Balaban J connectivity index is 1.21. The summed E-state index contributed by atoms with van der Waals surface area (Å²) in [6, 6.07) is 3.93. The van der Waals surface area contributed by atoms with E-state index in [-0.39, 0.29) is 17.1 Å². The van der Waals surface area contributed by atoms with Crippen LogP contribution in [-0.2, 0) is 9.53 Å². The van der Waals surface area contributed by atoms with Crippen molar-refractivity contribution in [2.75, 3.05) is 0 Å². The maximum absolute atomic E-state index is 12.8. The molecule has 2 aromatic heterocycles. The highest BCUT2D eigenvalue weighted by Crippen LogP contribution is 2.55. The minimum absolute atomic E-state index is 0.0700. The van der Waals surface area contributed by atoms with Gasteiger partial charge in [0.1, 0.15) is 5.01 Å². The van der Waals surface area contributed by atoms with E-state index in [1.54, 1.807) is 23.6 Å². The molecule has 6 rings (SSSR count). The van der Waals surface area contributed by atoms with Crippen molar-refractivity contribution in [3.63, 3.8) is 0 Å². The van der Waals surface area contributed by atoms with E-state index in [2.05, 4.69) is 10.3 Å². The Morgan fingerprint density at radius 1 is 1.18 bits per heavy atom. The average molecular weight is 417 g/mol. The third kappa shape index (κ3) is 3.39. The monoisotopic (exact) mass is 416 g/mol. The minimum Gasteiger partial charge on any atom is -0.448 e. The van der Waals surface area contributed by atoms with Crippen LogP contribution in [0.3, 0.4) is 0 Å². The van der Waals surface area contributed by atoms with Crippen LogP contribution in [0.25, 0.3) is 9.88 Å². The van der Waals surface area contributed by atoms with Crippen LogP contribution in [0.5, 0.6) is 0 Å². The Bertz CT molecular complexity index is 854. The van der Waals surface area contributed by atoms with Gasteiger partial charge in [-0.05, 0) is 74.6 Å². The van der Waals surface area contributed by atoms with Crippen molar-refractivity contribution >= 4 is 34.6 Å². The fourth-order valence-corrected chi connectivity index (χ4v) is 7.39. The van der Waals surface area contributed by atoms with Crippen molar-refractivity contribution in [3.05, 3.63) is 28.6 Å². The van der Waals surface area contributed by atoms with Crippen LogP contribution in [0.2, 0.25) is 0 Å². The first-order chi connectivity index (χ1) is 13.5. The highest BCUT2D eigenvalue weighted by atomic mass is 32.1. The summed E-state index contributed by atoms with van der Waals surface area (Å²) in [4.78, 5) is 30.6. The van der Waals surface area contributed by atoms with Crippen molar-refractivity contribution < 1.29 is 14.3 Å². The van der Waals surface area contributed by atoms with E-state index >= 15 is 0 Å². The predicted molar refractivity (Wildman–Crippen MR) is 109 cm³/mol. The first-order valence-electron chi connectivity index (χ1n) is 10.0. The zero-order chi connectivity index (χ0) is 19.3. The van der Waals surface area contributed by atoms with Gasteiger partial charge < -0.3 is 10.1 Å². The summed E-state index contributed by atoms with van der Waals surface area (Å²) in [7, 11) is 0. The van der Waals surface area contributed by atoms with Crippen molar-refractivity contribution in [2.45, 2.75) is 57.1 Å². The smallest absolute Gasteiger partial charge is 0.358 e. The predicted octanol–water partition coefficient (Wildman–Crippen LogP) is 4.50. The first kappa shape index (κ1) is 18.3. The number of carbonyl (C=O) groups is 2. The molecule has 0 radical (unpaired) electrons. The zero-order valence-corrected chi connectivity index (χ0v) is 17.5. The van der Waals surface area contributed by atoms with Crippen LogP contribution in [0.15, 0.2) is 22.9 Å².